The first kappa shape index (κ1) is 12.9. The van der Waals surface area contributed by atoms with E-state index in [0.717, 1.165) is 6.42 Å². The summed E-state index contributed by atoms with van der Waals surface area (Å²) in [6, 6.07) is 0.217. The van der Waals surface area contributed by atoms with Gasteiger partial charge in [0.1, 0.15) is 6.33 Å². The molecule has 0 saturated carbocycles. The Morgan fingerprint density at radius 1 is 1.31 bits per heavy atom. The van der Waals surface area contributed by atoms with Crippen LogP contribution < -0.4 is 5.32 Å². The Labute approximate surface area is 96.5 Å². The fraction of sp³-hybridized carbons (Fsp3) is 0.667. The van der Waals surface area contributed by atoms with Crippen LogP contribution in [-0.2, 0) is 6.42 Å². The van der Waals surface area contributed by atoms with Crippen molar-refractivity contribution in [3.8, 4) is 0 Å². The highest BCUT2D eigenvalue weighted by molar-refractivity contribution is 5.38. The van der Waals surface area contributed by atoms with E-state index in [1.165, 1.54) is 6.33 Å². The van der Waals surface area contributed by atoms with Crippen molar-refractivity contribution in [3.63, 3.8) is 0 Å². The molecule has 0 aromatic carbocycles. The van der Waals surface area contributed by atoms with Gasteiger partial charge in [-0.3, -0.25) is 0 Å². The third kappa shape index (κ3) is 3.43. The van der Waals surface area contributed by atoms with Gasteiger partial charge >= 0.3 is 0 Å². The van der Waals surface area contributed by atoms with E-state index in [1.807, 2.05) is 13.8 Å². The average Bonchev–Trinajstić information content (AvgIpc) is 2.20. The van der Waals surface area contributed by atoms with Gasteiger partial charge in [-0.25, -0.2) is 14.4 Å². The Morgan fingerprint density at radius 2 is 2.00 bits per heavy atom. The molecule has 1 N–H and O–H groups in total. The molecule has 0 radical (unpaired) electrons. The van der Waals surface area contributed by atoms with Gasteiger partial charge < -0.3 is 5.32 Å². The summed E-state index contributed by atoms with van der Waals surface area (Å²) < 4.78 is 13.8. The van der Waals surface area contributed by atoms with Crippen LogP contribution in [0, 0.1) is 11.7 Å². The molecule has 3 nitrogen and oxygen atoms in total. The summed E-state index contributed by atoms with van der Waals surface area (Å²) in [6.07, 6.45) is 2.98. The Bertz CT molecular complexity index is 339. The second-order valence-corrected chi connectivity index (χ2v) is 4.51. The van der Waals surface area contributed by atoms with Crippen LogP contribution in [0.25, 0.3) is 0 Å². The molecule has 0 aliphatic rings. The van der Waals surface area contributed by atoms with Crippen molar-refractivity contribution >= 4 is 5.82 Å². The maximum Gasteiger partial charge on any atom is 0.186 e. The largest absolute Gasteiger partial charge is 0.365 e. The lowest BCUT2D eigenvalue weighted by atomic mass is 10.1. The lowest BCUT2D eigenvalue weighted by Crippen LogP contribution is -2.19. The van der Waals surface area contributed by atoms with E-state index in [-0.39, 0.29) is 11.9 Å². The van der Waals surface area contributed by atoms with E-state index in [0.29, 0.717) is 23.9 Å². The smallest absolute Gasteiger partial charge is 0.186 e. The van der Waals surface area contributed by atoms with E-state index in [4.69, 9.17) is 0 Å². The van der Waals surface area contributed by atoms with Crippen LogP contribution in [0.4, 0.5) is 10.2 Å². The van der Waals surface area contributed by atoms with E-state index in [1.54, 1.807) is 0 Å². The molecule has 0 aliphatic heterocycles. The highest BCUT2D eigenvalue weighted by Crippen LogP contribution is 2.16. The third-order valence-electron chi connectivity index (χ3n) is 2.40. The topological polar surface area (TPSA) is 37.8 Å². The average molecular weight is 225 g/mol. The van der Waals surface area contributed by atoms with Crippen molar-refractivity contribution in [1.82, 2.24) is 9.97 Å². The highest BCUT2D eigenvalue weighted by atomic mass is 19.1. The normalized spacial score (nSPS) is 12.9. The summed E-state index contributed by atoms with van der Waals surface area (Å²) in [5, 5.41) is 3.09. The number of aryl methyl sites for hydroxylation is 1. The zero-order valence-electron chi connectivity index (χ0n) is 10.4. The third-order valence-corrected chi connectivity index (χ3v) is 2.40. The molecule has 1 rings (SSSR count). The number of nitrogens with zero attached hydrogens (tertiary/aromatic N) is 2. The monoisotopic (exact) mass is 225 g/mol. The van der Waals surface area contributed by atoms with Crippen LogP contribution >= 0.6 is 0 Å². The Balaban J connectivity index is 2.73. The molecule has 1 atom stereocenters. The number of halogens is 1. The summed E-state index contributed by atoms with van der Waals surface area (Å²) in [7, 11) is 0. The molecule has 1 unspecified atom stereocenters. The van der Waals surface area contributed by atoms with Gasteiger partial charge in [-0.15, -0.1) is 0 Å². The highest BCUT2D eigenvalue weighted by Gasteiger charge is 2.12. The molecule has 1 aromatic heterocycles. The number of anilines is 1. The molecule has 0 amide bonds. The molecule has 0 fully saturated rings. The molecule has 90 valence electrons. The number of hydrogen-bond acceptors (Lipinski definition) is 3. The maximum absolute atomic E-state index is 13.8. The van der Waals surface area contributed by atoms with Gasteiger partial charge in [-0.05, 0) is 25.7 Å². The van der Waals surface area contributed by atoms with Crippen molar-refractivity contribution in [2.75, 3.05) is 5.32 Å². The summed E-state index contributed by atoms with van der Waals surface area (Å²) in [4.78, 5) is 7.84. The minimum atomic E-state index is -0.319. The fourth-order valence-electron chi connectivity index (χ4n) is 1.75. The number of nitrogens with one attached hydrogen (secondary N) is 1. The van der Waals surface area contributed by atoms with Crippen LogP contribution in [0.5, 0.6) is 0 Å². The van der Waals surface area contributed by atoms with Crippen LogP contribution in [0.1, 0.15) is 39.8 Å². The van der Waals surface area contributed by atoms with Crippen LogP contribution in [0.15, 0.2) is 6.33 Å². The van der Waals surface area contributed by atoms with Crippen molar-refractivity contribution in [2.24, 2.45) is 5.92 Å². The predicted molar refractivity (Wildman–Crippen MR) is 63.9 cm³/mol. The quantitative estimate of drug-likeness (QED) is 0.837. The maximum atomic E-state index is 13.8. The minimum absolute atomic E-state index is 0.217. The van der Waals surface area contributed by atoms with Crippen molar-refractivity contribution < 1.29 is 4.39 Å². The molecular weight excluding hydrogens is 205 g/mol. The minimum Gasteiger partial charge on any atom is -0.365 e. The van der Waals surface area contributed by atoms with E-state index in [9.17, 15) is 4.39 Å². The molecule has 16 heavy (non-hydrogen) atoms. The lowest BCUT2D eigenvalue weighted by Gasteiger charge is -2.17. The van der Waals surface area contributed by atoms with Gasteiger partial charge in [0.25, 0.3) is 0 Å². The first-order valence-corrected chi connectivity index (χ1v) is 5.80. The summed E-state index contributed by atoms with van der Waals surface area (Å²) in [5.41, 5.74) is 0.467. The van der Waals surface area contributed by atoms with Gasteiger partial charge in [-0.2, -0.15) is 0 Å². The first-order chi connectivity index (χ1) is 7.54. The zero-order chi connectivity index (χ0) is 12.1. The Kier molecular flexibility index (Phi) is 4.65. The second kappa shape index (κ2) is 5.77. The van der Waals surface area contributed by atoms with Crippen molar-refractivity contribution in [2.45, 2.75) is 46.6 Å². The standard InChI is InChI=1S/C12H20FN3/c1-5-10-11(13)12(15-7-14-10)16-9(4)6-8(2)3/h7-9H,5-6H2,1-4H3,(H,14,15,16). The summed E-state index contributed by atoms with van der Waals surface area (Å²) in [6.45, 7) is 8.21. The molecule has 0 aliphatic carbocycles. The number of aromatic nitrogens is 2. The van der Waals surface area contributed by atoms with Crippen molar-refractivity contribution in [1.29, 1.82) is 0 Å². The van der Waals surface area contributed by atoms with Gasteiger partial charge in [0.15, 0.2) is 11.6 Å². The molecule has 4 heteroatoms. The van der Waals surface area contributed by atoms with Crippen LogP contribution in [0.2, 0.25) is 0 Å². The number of hydrogen-bond donors (Lipinski definition) is 1. The molecular formula is C12H20FN3. The lowest BCUT2D eigenvalue weighted by molar-refractivity contribution is 0.531. The SMILES string of the molecule is CCc1ncnc(NC(C)CC(C)C)c1F. The van der Waals surface area contributed by atoms with Crippen LogP contribution in [-0.4, -0.2) is 16.0 Å². The molecule has 1 aromatic rings. The Hall–Kier alpha value is -1.19. The molecule has 0 bridgehead atoms. The number of rotatable bonds is 5. The predicted octanol–water partition coefficient (Wildman–Crippen LogP) is 3.02. The van der Waals surface area contributed by atoms with Crippen LogP contribution in [0.3, 0.4) is 0 Å². The van der Waals surface area contributed by atoms with E-state index >= 15 is 0 Å². The van der Waals surface area contributed by atoms with Gasteiger partial charge in [0.2, 0.25) is 0 Å². The first-order valence-electron chi connectivity index (χ1n) is 5.80. The van der Waals surface area contributed by atoms with E-state index < -0.39 is 0 Å². The fourth-order valence-corrected chi connectivity index (χ4v) is 1.75. The Morgan fingerprint density at radius 3 is 2.56 bits per heavy atom. The summed E-state index contributed by atoms with van der Waals surface area (Å²) >= 11 is 0. The summed E-state index contributed by atoms with van der Waals surface area (Å²) in [5.74, 6) is 0.582. The molecule has 1 heterocycles. The van der Waals surface area contributed by atoms with Crippen molar-refractivity contribution in [3.05, 3.63) is 17.8 Å². The molecule has 0 spiro atoms. The van der Waals surface area contributed by atoms with Gasteiger partial charge in [0.05, 0.1) is 5.69 Å². The van der Waals surface area contributed by atoms with Gasteiger partial charge in [0, 0.05) is 6.04 Å². The zero-order valence-corrected chi connectivity index (χ0v) is 10.4. The molecule has 0 saturated heterocycles. The van der Waals surface area contributed by atoms with E-state index in [2.05, 4.69) is 29.1 Å². The second-order valence-electron chi connectivity index (χ2n) is 4.51. The van der Waals surface area contributed by atoms with Gasteiger partial charge in [-0.1, -0.05) is 20.8 Å².